The molecule has 1 aliphatic heterocycles. The Morgan fingerprint density at radius 3 is 2.42 bits per heavy atom. The highest BCUT2D eigenvalue weighted by Gasteiger charge is 2.34. The zero-order valence-corrected chi connectivity index (χ0v) is 24.1. The van der Waals surface area contributed by atoms with Crippen LogP contribution < -0.4 is 5.32 Å². The summed E-state index contributed by atoms with van der Waals surface area (Å²) in [6, 6.07) is 15.7. The van der Waals surface area contributed by atoms with Crippen LogP contribution in [-0.2, 0) is 19.6 Å². The second-order valence-corrected chi connectivity index (χ2v) is 13.1. The Morgan fingerprint density at radius 1 is 1.08 bits per heavy atom. The first-order valence-electron chi connectivity index (χ1n) is 13.3. The summed E-state index contributed by atoms with van der Waals surface area (Å²) in [4.78, 5) is 15.1. The molecule has 2 aromatic rings. The molecule has 2 fully saturated rings. The lowest BCUT2D eigenvalue weighted by atomic mass is 9.78. The van der Waals surface area contributed by atoms with Crippen molar-refractivity contribution in [3.63, 3.8) is 0 Å². The molecule has 4 rings (SSSR count). The first kappa shape index (κ1) is 29.3. The van der Waals surface area contributed by atoms with Gasteiger partial charge >= 0.3 is 0 Å². The monoisotopic (exact) mass is 581 g/mol. The number of ether oxygens (including phenoxy) is 1. The van der Waals surface area contributed by atoms with Gasteiger partial charge in [-0.2, -0.15) is 4.31 Å². The number of carbonyl (C=O) groups excluding carboxylic acids is 1. The predicted octanol–water partition coefficient (Wildman–Crippen LogP) is 5.14. The van der Waals surface area contributed by atoms with Gasteiger partial charge in [0.2, 0.25) is 15.9 Å². The number of amides is 1. The smallest absolute Gasteiger partial charge is 0.246 e. The molecule has 1 unspecified atom stereocenters. The van der Waals surface area contributed by atoms with E-state index in [-0.39, 0.29) is 41.6 Å². The molecule has 10 heteroatoms. The minimum Gasteiger partial charge on any atom is -0.370 e. The van der Waals surface area contributed by atoms with Crippen LogP contribution in [0.4, 0.5) is 0 Å². The summed E-state index contributed by atoms with van der Waals surface area (Å²) in [6.45, 7) is 2.41. The SMILES string of the molecule is CN(CCOCC(=O)NC1CCC(C(c2ccccc2)N2CCCC2)CC1)S(=O)(=O)c1ccc(Cl)cc1Cl. The van der Waals surface area contributed by atoms with Gasteiger partial charge in [0.1, 0.15) is 11.5 Å². The molecule has 0 spiro atoms. The van der Waals surface area contributed by atoms with Crippen LogP contribution in [0.15, 0.2) is 53.4 Å². The molecule has 208 valence electrons. The van der Waals surface area contributed by atoms with E-state index in [1.54, 1.807) is 0 Å². The summed E-state index contributed by atoms with van der Waals surface area (Å²) in [5.41, 5.74) is 1.40. The van der Waals surface area contributed by atoms with E-state index in [9.17, 15) is 13.2 Å². The van der Waals surface area contributed by atoms with Gasteiger partial charge in [-0.25, -0.2) is 8.42 Å². The first-order chi connectivity index (χ1) is 18.3. The maximum atomic E-state index is 12.8. The number of likely N-dealkylation sites (tertiary alicyclic amines) is 1. The molecule has 1 heterocycles. The average molecular weight is 583 g/mol. The molecule has 0 bridgehead atoms. The maximum absolute atomic E-state index is 12.8. The van der Waals surface area contributed by atoms with Crippen LogP contribution in [0.1, 0.15) is 50.1 Å². The third-order valence-electron chi connectivity index (χ3n) is 7.62. The van der Waals surface area contributed by atoms with E-state index in [0.717, 1.165) is 43.1 Å². The molecular weight excluding hydrogens is 545 g/mol. The number of rotatable bonds is 11. The van der Waals surface area contributed by atoms with E-state index in [1.807, 2.05) is 0 Å². The van der Waals surface area contributed by atoms with Crippen molar-refractivity contribution in [3.8, 4) is 0 Å². The van der Waals surface area contributed by atoms with E-state index < -0.39 is 10.0 Å². The summed E-state index contributed by atoms with van der Waals surface area (Å²) in [7, 11) is -2.34. The Balaban J connectivity index is 1.19. The lowest BCUT2D eigenvalue weighted by Crippen LogP contribution is -2.42. The van der Waals surface area contributed by atoms with Crippen LogP contribution in [0.5, 0.6) is 0 Å². The molecule has 1 saturated carbocycles. The minimum absolute atomic E-state index is 0.0151. The maximum Gasteiger partial charge on any atom is 0.246 e. The number of nitrogens with one attached hydrogen (secondary N) is 1. The quantitative estimate of drug-likeness (QED) is 0.371. The molecule has 7 nitrogen and oxygen atoms in total. The molecule has 38 heavy (non-hydrogen) atoms. The number of sulfonamides is 1. The van der Waals surface area contributed by atoms with Gasteiger partial charge in [-0.1, -0.05) is 53.5 Å². The van der Waals surface area contributed by atoms with Crippen LogP contribution in [0.2, 0.25) is 10.0 Å². The number of carbonyl (C=O) groups is 1. The fourth-order valence-electron chi connectivity index (χ4n) is 5.63. The molecule has 1 aliphatic carbocycles. The number of likely N-dealkylation sites (N-methyl/N-ethyl adjacent to an activating group) is 1. The van der Waals surface area contributed by atoms with E-state index in [1.165, 1.54) is 43.7 Å². The Kier molecular flexibility index (Phi) is 10.5. The third-order valence-corrected chi connectivity index (χ3v) is 10.2. The molecule has 1 atom stereocenters. The number of benzene rings is 2. The number of nitrogens with zero attached hydrogens (tertiary/aromatic N) is 2. The summed E-state index contributed by atoms with van der Waals surface area (Å²) < 4.78 is 32.2. The molecule has 1 saturated heterocycles. The summed E-state index contributed by atoms with van der Waals surface area (Å²) in [6.07, 6.45) is 6.61. The summed E-state index contributed by atoms with van der Waals surface area (Å²) in [5.74, 6) is 0.422. The zero-order valence-electron chi connectivity index (χ0n) is 21.8. The first-order valence-corrected chi connectivity index (χ1v) is 15.5. The summed E-state index contributed by atoms with van der Waals surface area (Å²) >= 11 is 11.9. The van der Waals surface area contributed by atoms with Crippen molar-refractivity contribution in [2.45, 2.75) is 55.5 Å². The molecular formula is C28H37Cl2N3O4S. The Morgan fingerprint density at radius 2 is 1.76 bits per heavy atom. The minimum atomic E-state index is -3.79. The standard InChI is InChI=1S/C28H37Cl2N3O4S/c1-32(38(35,36)26-14-11-23(29)19-25(26)30)17-18-37-20-27(34)31-24-12-9-22(10-13-24)28(33-15-5-6-16-33)21-7-3-2-4-8-21/h2-4,7-8,11,14,19,22,24,28H,5-6,9-10,12-13,15-18,20H2,1H3,(H,31,34). The Labute approximate surface area is 236 Å². The fraction of sp³-hybridized carbons (Fsp3) is 0.536. The van der Waals surface area contributed by atoms with Crippen molar-refractivity contribution in [2.75, 3.05) is 39.9 Å². The van der Waals surface area contributed by atoms with Crippen molar-refractivity contribution in [1.29, 1.82) is 0 Å². The third kappa shape index (κ3) is 7.49. The molecule has 2 aliphatic rings. The van der Waals surface area contributed by atoms with Gasteiger partial charge in [0.05, 0.1) is 11.6 Å². The normalized spacial score (nSPS) is 21.5. The Bertz CT molecular complexity index is 1170. The fourth-order valence-corrected chi connectivity index (χ4v) is 7.53. The summed E-state index contributed by atoms with van der Waals surface area (Å²) in [5, 5.41) is 3.53. The topological polar surface area (TPSA) is 79.0 Å². The molecule has 1 amide bonds. The van der Waals surface area contributed by atoms with E-state index in [0.29, 0.717) is 17.0 Å². The van der Waals surface area contributed by atoms with Crippen molar-refractivity contribution in [1.82, 2.24) is 14.5 Å². The van der Waals surface area contributed by atoms with Crippen LogP contribution >= 0.6 is 23.2 Å². The number of hydrogen-bond donors (Lipinski definition) is 1. The Hall–Kier alpha value is -1.68. The number of halogens is 2. The van der Waals surface area contributed by atoms with E-state index in [4.69, 9.17) is 27.9 Å². The highest BCUT2D eigenvalue weighted by Crippen LogP contribution is 2.40. The average Bonchev–Trinajstić information content (AvgIpc) is 3.42. The molecule has 0 radical (unpaired) electrons. The second-order valence-electron chi connectivity index (χ2n) is 10.2. The molecule has 2 aromatic carbocycles. The van der Waals surface area contributed by atoms with Gasteiger partial charge in [0.25, 0.3) is 0 Å². The van der Waals surface area contributed by atoms with Crippen molar-refractivity contribution >= 4 is 39.1 Å². The largest absolute Gasteiger partial charge is 0.370 e. The van der Waals surface area contributed by atoms with Crippen molar-refractivity contribution in [2.24, 2.45) is 5.92 Å². The van der Waals surface area contributed by atoms with Crippen LogP contribution in [0.3, 0.4) is 0 Å². The van der Waals surface area contributed by atoms with Gasteiger partial charge in [-0.3, -0.25) is 9.69 Å². The van der Waals surface area contributed by atoms with Crippen LogP contribution in [-0.4, -0.2) is 69.5 Å². The van der Waals surface area contributed by atoms with Gasteiger partial charge in [0.15, 0.2) is 0 Å². The van der Waals surface area contributed by atoms with Crippen molar-refractivity contribution < 1.29 is 17.9 Å². The van der Waals surface area contributed by atoms with Crippen LogP contribution in [0.25, 0.3) is 0 Å². The van der Waals surface area contributed by atoms with Crippen molar-refractivity contribution in [3.05, 3.63) is 64.1 Å². The van der Waals surface area contributed by atoms with E-state index in [2.05, 4.69) is 40.5 Å². The predicted molar refractivity (Wildman–Crippen MR) is 151 cm³/mol. The second kappa shape index (κ2) is 13.6. The number of hydrogen-bond acceptors (Lipinski definition) is 5. The lowest BCUT2D eigenvalue weighted by molar-refractivity contribution is -0.126. The zero-order chi connectivity index (χ0) is 27.1. The van der Waals surface area contributed by atoms with Gasteiger partial charge < -0.3 is 10.1 Å². The molecule has 0 aromatic heterocycles. The highest BCUT2D eigenvalue weighted by molar-refractivity contribution is 7.89. The van der Waals surface area contributed by atoms with Crippen LogP contribution in [0, 0.1) is 5.92 Å². The van der Waals surface area contributed by atoms with Gasteiger partial charge in [-0.15, -0.1) is 0 Å². The van der Waals surface area contributed by atoms with Gasteiger partial charge in [-0.05, 0) is 81.3 Å². The van der Waals surface area contributed by atoms with Gasteiger partial charge in [0, 0.05) is 30.7 Å². The lowest BCUT2D eigenvalue weighted by Gasteiger charge is -2.39. The van der Waals surface area contributed by atoms with E-state index >= 15 is 0 Å². The molecule has 1 N–H and O–H groups in total. The highest BCUT2D eigenvalue weighted by atomic mass is 35.5.